The van der Waals surface area contributed by atoms with Crippen LogP contribution in [0.1, 0.15) is 48.2 Å². The van der Waals surface area contributed by atoms with E-state index in [1.165, 1.54) is 47.1 Å². The van der Waals surface area contributed by atoms with Gasteiger partial charge in [0.2, 0.25) is 5.91 Å². The number of fused-ring (bicyclic) bond motifs is 2. The van der Waals surface area contributed by atoms with Crippen molar-refractivity contribution in [1.29, 1.82) is 0 Å². The molecule has 0 fully saturated rings. The molecular formula is C28H27N3O4S2. The third-order valence-corrected chi connectivity index (χ3v) is 7.91. The molecule has 4 aromatic rings. The number of carbonyl (C=O) groups excluding carboxylic acids is 2. The Kier molecular flexibility index (Phi) is 7.43. The van der Waals surface area contributed by atoms with E-state index in [9.17, 15) is 14.4 Å². The van der Waals surface area contributed by atoms with E-state index < -0.39 is 5.97 Å². The summed E-state index contributed by atoms with van der Waals surface area (Å²) in [7, 11) is 0. The van der Waals surface area contributed by atoms with Gasteiger partial charge in [0.05, 0.1) is 22.8 Å². The Morgan fingerprint density at radius 3 is 2.62 bits per heavy atom. The van der Waals surface area contributed by atoms with Crippen molar-refractivity contribution in [3.8, 4) is 11.1 Å². The molecule has 0 atom stereocenters. The van der Waals surface area contributed by atoms with Crippen LogP contribution in [0, 0.1) is 0 Å². The molecule has 2 aromatic carbocycles. The molecule has 190 valence electrons. The highest BCUT2D eigenvalue weighted by Crippen LogP contribution is 2.34. The number of anilines is 1. The van der Waals surface area contributed by atoms with Crippen LogP contribution in [0.2, 0.25) is 0 Å². The SMILES string of the molecule is CC(C)OC(=O)c1ccc(NC(=O)CSc2nc3scc(-c4ccc5c(c4)CCCC5)c3c(=O)[nH]2)cc1. The first-order chi connectivity index (χ1) is 17.9. The van der Waals surface area contributed by atoms with E-state index in [-0.39, 0.29) is 23.3 Å². The molecule has 0 radical (unpaired) electrons. The van der Waals surface area contributed by atoms with Crippen molar-refractivity contribution >= 4 is 50.9 Å². The first kappa shape index (κ1) is 25.2. The van der Waals surface area contributed by atoms with Crippen LogP contribution in [0.5, 0.6) is 0 Å². The summed E-state index contributed by atoms with van der Waals surface area (Å²) in [5.41, 5.74) is 5.50. The number of ether oxygens (including phenoxy) is 1. The number of hydrogen-bond acceptors (Lipinski definition) is 7. The summed E-state index contributed by atoms with van der Waals surface area (Å²) in [5.74, 6) is -0.572. The van der Waals surface area contributed by atoms with Crippen LogP contribution in [-0.4, -0.2) is 33.7 Å². The van der Waals surface area contributed by atoms with Crippen LogP contribution >= 0.6 is 23.1 Å². The molecule has 1 aliphatic carbocycles. The predicted octanol–water partition coefficient (Wildman–Crippen LogP) is 5.83. The number of aryl methyl sites for hydroxylation is 2. The smallest absolute Gasteiger partial charge is 0.338 e. The van der Waals surface area contributed by atoms with Gasteiger partial charge in [0.25, 0.3) is 5.56 Å². The molecule has 0 saturated carbocycles. The van der Waals surface area contributed by atoms with E-state index in [1.807, 2.05) is 5.38 Å². The van der Waals surface area contributed by atoms with E-state index in [0.29, 0.717) is 26.6 Å². The third kappa shape index (κ3) is 5.78. The Balaban J connectivity index is 1.25. The lowest BCUT2D eigenvalue weighted by Gasteiger charge is -2.16. The van der Waals surface area contributed by atoms with Gasteiger partial charge in [-0.2, -0.15) is 0 Å². The van der Waals surface area contributed by atoms with Gasteiger partial charge in [-0.15, -0.1) is 11.3 Å². The molecule has 37 heavy (non-hydrogen) atoms. The summed E-state index contributed by atoms with van der Waals surface area (Å²) in [5, 5.41) is 5.77. The summed E-state index contributed by atoms with van der Waals surface area (Å²) >= 11 is 2.60. The van der Waals surface area contributed by atoms with E-state index in [0.717, 1.165) is 24.0 Å². The van der Waals surface area contributed by atoms with Crippen molar-refractivity contribution in [3.63, 3.8) is 0 Å². The standard InChI is InChI=1S/C28H27N3O4S2/c1-16(2)35-27(34)18-9-11-21(12-10-18)29-23(32)15-37-28-30-25(33)24-22(14-36-26(24)31-28)20-8-7-17-5-3-4-6-19(17)13-20/h7-14,16H,3-6,15H2,1-2H3,(H,29,32)(H,30,31,33). The molecule has 0 unspecified atom stereocenters. The normalized spacial score (nSPS) is 12.9. The number of benzene rings is 2. The zero-order valence-electron chi connectivity index (χ0n) is 20.6. The summed E-state index contributed by atoms with van der Waals surface area (Å²) < 4.78 is 5.17. The van der Waals surface area contributed by atoms with E-state index in [2.05, 4.69) is 33.5 Å². The Bertz CT molecular complexity index is 1520. The molecule has 2 N–H and O–H groups in total. The summed E-state index contributed by atoms with van der Waals surface area (Å²) in [6, 6.07) is 13.0. The van der Waals surface area contributed by atoms with Crippen LogP contribution in [0.15, 0.2) is 57.8 Å². The van der Waals surface area contributed by atoms with Crippen molar-refractivity contribution in [2.45, 2.75) is 50.8 Å². The monoisotopic (exact) mass is 533 g/mol. The number of H-pyrrole nitrogens is 1. The van der Waals surface area contributed by atoms with Crippen LogP contribution in [-0.2, 0) is 22.4 Å². The number of nitrogens with one attached hydrogen (secondary N) is 2. The summed E-state index contributed by atoms with van der Waals surface area (Å²) in [6.07, 6.45) is 4.44. The molecule has 2 heterocycles. The minimum Gasteiger partial charge on any atom is -0.459 e. The number of nitrogens with zero attached hydrogens (tertiary/aromatic N) is 1. The van der Waals surface area contributed by atoms with Crippen LogP contribution in [0.25, 0.3) is 21.3 Å². The average Bonchev–Trinajstić information content (AvgIpc) is 3.32. The van der Waals surface area contributed by atoms with Gasteiger partial charge in [0.15, 0.2) is 5.16 Å². The Morgan fingerprint density at radius 1 is 1.11 bits per heavy atom. The number of carbonyl (C=O) groups is 2. The topological polar surface area (TPSA) is 101 Å². The first-order valence-electron chi connectivity index (χ1n) is 12.2. The summed E-state index contributed by atoms with van der Waals surface area (Å²) in [6.45, 7) is 3.58. The average molecular weight is 534 g/mol. The molecule has 1 aliphatic rings. The van der Waals surface area contributed by atoms with Crippen molar-refractivity contribution in [3.05, 3.63) is 74.9 Å². The Morgan fingerprint density at radius 2 is 1.86 bits per heavy atom. The van der Waals surface area contributed by atoms with Crippen LogP contribution in [0.3, 0.4) is 0 Å². The van der Waals surface area contributed by atoms with Crippen LogP contribution in [0.4, 0.5) is 5.69 Å². The molecule has 0 bridgehead atoms. The Labute approximate surface area is 222 Å². The second kappa shape index (κ2) is 10.9. The fourth-order valence-corrected chi connectivity index (χ4v) is 6.08. The van der Waals surface area contributed by atoms with Crippen molar-refractivity contribution < 1.29 is 14.3 Å². The number of hydrogen-bond donors (Lipinski definition) is 2. The van der Waals surface area contributed by atoms with Gasteiger partial charge in [0, 0.05) is 16.6 Å². The first-order valence-corrected chi connectivity index (χ1v) is 14.1. The number of rotatable bonds is 7. The highest BCUT2D eigenvalue weighted by molar-refractivity contribution is 7.99. The van der Waals surface area contributed by atoms with Gasteiger partial charge in [0.1, 0.15) is 4.83 Å². The molecule has 7 nitrogen and oxygen atoms in total. The number of aromatic nitrogens is 2. The Hall–Kier alpha value is -3.43. The number of thiophene rings is 1. The van der Waals surface area contributed by atoms with Gasteiger partial charge in [-0.25, -0.2) is 9.78 Å². The fourth-order valence-electron chi connectivity index (χ4n) is 4.41. The molecule has 0 spiro atoms. The van der Waals surface area contributed by atoms with E-state index in [1.54, 1.807) is 38.1 Å². The molecule has 0 aliphatic heterocycles. The van der Waals surface area contributed by atoms with Crippen LogP contribution < -0.4 is 10.9 Å². The summed E-state index contributed by atoms with van der Waals surface area (Å²) in [4.78, 5) is 45.5. The minimum absolute atomic E-state index is 0.0780. The predicted molar refractivity (Wildman–Crippen MR) is 149 cm³/mol. The zero-order valence-corrected chi connectivity index (χ0v) is 22.3. The largest absolute Gasteiger partial charge is 0.459 e. The maximum Gasteiger partial charge on any atom is 0.338 e. The number of esters is 1. The van der Waals surface area contributed by atoms with Gasteiger partial charge in [-0.1, -0.05) is 30.0 Å². The number of aromatic amines is 1. The van der Waals surface area contributed by atoms with Crippen molar-refractivity contribution in [2.24, 2.45) is 0 Å². The van der Waals surface area contributed by atoms with Gasteiger partial charge >= 0.3 is 5.97 Å². The van der Waals surface area contributed by atoms with Gasteiger partial charge in [-0.3, -0.25) is 9.59 Å². The fraction of sp³-hybridized carbons (Fsp3) is 0.286. The van der Waals surface area contributed by atoms with E-state index >= 15 is 0 Å². The lowest BCUT2D eigenvalue weighted by molar-refractivity contribution is -0.113. The van der Waals surface area contributed by atoms with Crippen molar-refractivity contribution in [2.75, 3.05) is 11.1 Å². The molecular weight excluding hydrogens is 506 g/mol. The second-order valence-electron chi connectivity index (χ2n) is 9.26. The molecule has 5 rings (SSSR count). The maximum atomic E-state index is 13.0. The minimum atomic E-state index is -0.405. The molecule has 2 aromatic heterocycles. The van der Waals surface area contributed by atoms with E-state index in [4.69, 9.17) is 4.74 Å². The maximum absolute atomic E-state index is 13.0. The third-order valence-electron chi connectivity index (χ3n) is 6.17. The number of thioether (sulfide) groups is 1. The highest BCUT2D eigenvalue weighted by Gasteiger charge is 2.17. The quantitative estimate of drug-likeness (QED) is 0.176. The van der Waals surface area contributed by atoms with Gasteiger partial charge in [-0.05, 0) is 80.5 Å². The zero-order chi connectivity index (χ0) is 25.9. The lowest BCUT2D eigenvalue weighted by atomic mass is 9.89. The van der Waals surface area contributed by atoms with Gasteiger partial charge < -0.3 is 15.0 Å². The molecule has 9 heteroatoms. The molecule has 1 amide bonds. The highest BCUT2D eigenvalue weighted by atomic mass is 32.2. The lowest BCUT2D eigenvalue weighted by Crippen LogP contribution is -2.16. The molecule has 0 saturated heterocycles. The second-order valence-corrected chi connectivity index (χ2v) is 11.1. The van der Waals surface area contributed by atoms with Crippen molar-refractivity contribution in [1.82, 2.24) is 9.97 Å². The number of amides is 1.